The number of aliphatic imine (C=N–C) groups is 2. The molecule has 0 amide bonds. The minimum absolute atomic E-state index is 0.882. The van der Waals surface area contributed by atoms with Crippen LogP contribution in [0, 0.1) is 0 Å². The van der Waals surface area contributed by atoms with Gasteiger partial charge in [0.05, 0.1) is 6.54 Å². The monoisotopic (exact) mass is 295 g/mol. The minimum Gasteiger partial charge on any atom is -0.351 e. The van der Waals surface area contributed by atoms with E-state index in [0.29, 0.717) is 0 Å². The lowest BCUT2D eigenvalue weighted by atomic mass is 10.2. The highest BCUT2D eigenvalue weighted by Gasteiger charge is 2.28. The third-order valence-electron chi connectivity index (χ3n) is 4.44. The van der Waals surface area contributed by atoms with E-state index in [1.165, 1.54) is 5.56 Å². The van der Waals surface area contributed by atoms with Crippen LogP contribution in [0.1, 0.15) is 5.56 Å². The SMILES string of the molecule is C1=CN2CCN=C2C(N2CCN(Cc3ccccc3)CC2)=N1. The van der Waals surface area contributed by atoms with E-state index in [1.807, 2.05) is 12.4 Å². The van der Waals surface area contributed by atoms with Crippen LogP contribution in [-0.4, -0.2) is 65.6 Å². The molecule has 1 fully saturated rings. The minimum atomic E-state index is 0.882. The molecule has 3 aliphatic rings. The van der Waals surface area contributed by atoms with Gasteiger partial charge < -0.3 is 9.80 Å². The number of piperazine rings is 1. The molecule has 0 aliphatic carbocycles. The molecule has 0 unspecified atom stereocenters. The molecule has 3 aliphatic heterocycles. The largest absolute Gasteiger partial charge is 0.351 e. The second-order valence-electron chi connectivity index (χ2n) is 5.90. The second-order valence-corrected chi connectivity index (χ2v) is 5.90. The number of rotatable bonds is 2. The van der Waals surface area contributed by atoms with Crippen LogP contribution in [0.15, 0.2) is 52.7 Å². The molecular formula is C17H21N5. The molecule has 3 heterocycles. The summed E-state index contributed by atoms with van der Waals surface area (Å²) in [5, 5.41) is 0. The fraction of sp³-hybridized carbons (Fsp3) is 0.412. The highest BCUT2D eigenvalue weighted by Crippen LogP contribution is 2.15. The van der Waals surface area contributed by atoms with E-state index in [0.717, 1.165) is 57.5 Å². The average Bonchev–Trinajstić information content (AvgIpc) is 3.05. The summed E-state index contributed by atoms with van der Waals surface area (Å²) >= 11 is 0. The van der Waals surface area contributed by atoms with Crippen molar-refractivity contribution in [2.45, 2.75) is 6.54 Å². The summed E-state index contributed by atoms with van der Waals surface area (Å²) in [5.41, 5.74) is 1.39. The van der Waals surface area contributed by atoms with Gasteiger partial charge in [-0.2, -0.15) is 0 Å². The summed E-state index contributed by atoms with van der Waals surface area (Å²) in [6.45, 7) is 7.09. The van der Waals surface area contributed by atoms with Crippen LogP contribution in [0.3, 0.4) is 0 Å². The van der Waals surface area contributed by atoms with Crippen LogP contribution in [-0.2, 0) is 6.54 Å². The van der Waals surface area contributed by atoms with Gasteiger partial charge in [0.1, 0.15) is 0 Å². The molecule has 1 aromatic carbocycles. The number of benzene rings is 1. The van der Waals surface area contributed by atoms with Crippen LogP contribution in [0.25, 0.3) is 0 Å². The number of hydrogen-bond acceptors (Lipinski definition) is 5. The van der Waals surface area contributed by atoms with E-state index in [9.17, 15) is 0 Å². The Morgan fingerprint density at radius 3 is 2.55 bits per heavy atom. The number of fused-ring (bicyclic) bond motifs is 1. The summed E-state index contributed by atoms with van der Waals surface area (Å²) in [6, 6.07) is 10.7. The van der Waals surface area contributed by atoms with E-state index in [2.05, 4.69) is 55.0 Å². The average molecular weight is 295 g/mol. The van der Waals surface area contributed by atoms with Gasteiger partial charge in [0.2, 0.25) is 0 Å². The topological polar surface area (TPSA) is 34.4 Å². The summed E-state index contributed by atoms with van der Waals surface area (Å²) in [6.07, 6.45) is 3.93. The number of nitrogens with zero attached hydrogens (tertiary/aromatic N) is 5. The molecule has 4 rings (SSSR count). The number of hydrogen-bond donors (Lipinski definition) is 0. The summed E-state index contributed by atoms with van der Waals surface area (Å²) in [5.74, 6) is 2.11. The molecule has 1 aromatic rings. The summed E-state index contributed by atoms with van der Waals surface area (Å²) in [4.78, 5) is 16.3. The zero-order valence-corrected chi connectivity index (χ0v) is 12.7. The first-order valence-corrected chi connectivity index (χ1v) is 7.97. The Morgan fingerprint density at radius 2 is 1.73 bits per heavy atom. The van der Waals surface area contributed by atoms with Gasteiger partial charge in [-0.1, -0.05) is 30.3 Å². The Bertz CT molecular complexity index is 611. The van der Waals surface area contributed by atoms with Gasteiger partial charge in [0.25, 0.3) is 0 Å². The first-order valence-electron chi connectivity index (χ1n) is 7.97. The lowest BCUT2D eigenvalue weighted by Gasteiger charge is -2.37. The fourth-order valence-corrected chi connectivity index (χ4v) is 3.23. The fourth-order valence-electron chi connectivity index (χ4n) is 3.23. The third kappa shape index (κ3) is 2.64. The van der Waals surface area contributed by atoms with E-state index in [1.54, 1.807) is 0 Å². The summed E-state index contributed by atoms with van der Waals surface area (Å²) < 4.78 is 0. The smallest absolute Gasteiger partial charge is 0.172 e. The third-order valence-corrected chi connectivity index (χ3v) is 4.44. The maximum atomic E-state index is 4.61. The molecule has 0 radical (unpaired) electrons. The van der Waals surface area contributed by atoms with Gasteiger partial charge in [0, 0.05) is 51.7 Å². The molecule has 0 N–H and O–H groups in total. The lowest BCUT2D eigenvalue weighted by Crippen LogP contribution is -2.52. The molecule has 5 heteroatoms. The van der Waals surface area contributed by atoms with Crippen molar-refractivity contribution in [3.05, 3.63) is 48.3 Å². The Hall–Kier alpha value is -2.14. The van der Waals surface area contributed by atoms with Crippen molar-refractivity contribution >= 4 is 11.7 Å². The maximum Gasteiger partial charge on any atom is 0.172 e. The van der Waals surface area contributed by atoms with Gasteiger partial charge in [-0.05, 0) is 5.56 Å². The summed E-state index contributed by atoms with van der Waals surface area (Å²) in [7, 11) is 0. The van der Waals surface area contributed by atoms with Crippen molar-refractivity contribution in [3.63, 3.8) is 0 Å². The van der Waals surface area contributed by atoms with Gasteiger partial charge in [-0.25, -0.2) is 4.99 Å². The molecule has 114 valence electrons. The molecule has 1 saturated heterocycles. The highest BCUT2D eigenvalue weighted by atomic mass is 15.3. The van der Waals surface area contributed by atoms with Crippen molar-refractivity contribution in [1.82, 2.24) is 14.7 Å². The van der Waals surface area contributed by atoms with Crippen LogP contribution in [0.5, 0.6) is 0 Å². The lowest BCUT2D eigenvalue weighted by molar-refractivity contribution is 0.176. The molecule has 0 atom stereocenters. The van der Waals surface area contributed by atoms with Gasteiger partial charge in [0.15, 0.2) is 11.7 Å². The zero-order valence-electron chi connectivity index (χ0n) is 12.7. The van der Waals surface area contributed by atoms with Crippen LogP contribution in [0.2, 0.25) is 0 Å². The molecule has 0 saturated carbocycles. The number of amidine groups is 2. The Labute approximate surface area is 131 Å². The second kappa shape index (κ2) is 5.93. The normalized spacial score (nSPS) is 21.6. The Morgan fingerprint density at radius 1 is 0.909 bits per heavy atom. The predicted molar refractivity (Wildman–Crippen MR) is 88.9 cm³/mol. The standard InChI is InChI=1S/C17H21N5/c1-2-4-15(5-3-1)14-20-10-12-22(13-11-20)17-16-18-6-8-21(16)9-7-19-17/h1-5,7,9H,6,8,10-14H2. The molecule has 5 nitrogen and oxygen atoms in total. The van der Waals surface area contributed by atoms with E-state index in [4.69, 9.17) is 0 Å². The molecule has 0 bridgehead atoms. The van der Waals surface area contributed by atoms with Gasteiger partial charge in [-0.3, -0.25) is 9.89 Å². The van der Waals surface area contributed by atoms with Crippen LogP contribution >= 0.6 is 0 Å². The highest BCUT2D eigenvalue weighted by molar-refractivity contribution is 6.41. The van der Waals surface area contributed by atoms with Crippen molar-refractivity contribution in [1.29, 1.82) is 0 Å². The first-order chi connectivity index (χ1) is 10.9. The Kier molecular flexibility index (Phi) is 3.64. The van der Waals surface area contributed by atoms with Crippen molar-refractivity contribution < 1.29 is 0 Å². The molecular weight excluding hydrogens is 274 g/mol. The van der Waals surface area contributed by atoms with Crippen LogP contribution in [0.4, 0.5) is 0 Å². The van der Waals surface area contributed by atoms with Crippen LogP contribution < -0.4 is 0 Å². The van der Waals surface area contributed by atoms with Gasteiger partial charge >= 0.3 is 0 Å². The predicted octanol–water partition coefficient (Wildman–Crippen LogP) is 1.40. The van der Waals surface area contributed by atoms with E-state index >= 15 is 0 Å². The Balaban J connectivity index is 1.38. The van der Waals surface area contributed by atoms with Crippen molar-refractivity contribution in [2.24, 2.45) is 9.98 Å². The molecule has 0 aromatic heterocycles. The van der Waals surface area contributed by atoms with E-state index < -0.39 is 0 Å². The first kappa shape index (κ1) is 13.5. The van der Waals surface area contributed by atoms with Gasteiger partial charge in [-0.15, -0.1) is 0 Å². The van der Waals surface area contributed by atoms with Crippen molar-refractivity contribution in [3.8, 4) is 0 Å². The van der Waals surface area contributed by atoms with E-state index in [-0.39, 0.29) is 0 Å². The molecule has 22 heavy (non-hydrogen) atoms. The zero-order chi connectivity index (χ0) is 14.8. The maximum absolute atomic E-state index is 4.61. The molecule has 0 spiro atoms. The quantitative estimate of drug-likeness (QED) is 0.827. The van der Waals surface area contributed by atoms with Crippen molar-refractivity contribution in [2.75, 3.05) is 39.3 Å².